The number of esters is 1. The molecule has 2 aromatic carbocycles. The second-order valence-corrected chi connectivity index (χ2v) is 5.45. The predicted octanol–water partition coefficient (Wildman–Crippen LogP) is 3.22. The lowest BCUT2D eigenvalue weighted by Gasteiger charge is -2.16. The van der Waals surface area contributed by atoms with E-state index in [1.165, 1.54) is 17.9 Å². The van der Waals surface area contributed by atoms with Crippen LogP contribution >= 0.6 is 0 Å². The monoisotopic (exact) mass is 350 g/mol. The van der Waals surface area contributed by atoms with Crippen molar-refractivity contribution < 1.29 is 14.3 Å². The lowest BCUT2D eigenvalue weighted by atomic mass is 10.2. The van der Waals surface area contributed by atoms with Gasteiger partial charge in [0, 0.05) is 12.0 Å². The van der Waals surface area contributed by atoms with Crippen LogP contribution in [0.5, 0.6) is 11.5 Å². The molecule has 0 aliphatic rings. The van der Waals surface area contributed by atoms with E-state index in [4.69, 9.17) is 9.47 Å². The summed E-state index contributed by atoms with van der Waals surface area (Å²) in [4.78, 5) is 29.1. The number of carbonyl (C=O) groups excluding carboxylic acids is 1. The fraction of sp³-hybridized carbons (Fsp3) is 0.150. The van der Waals surface area contributed by atoms with Crippen molar-refractivity contribution in [2.24, 2.45) is 0 Å². The maximum absolute atomic E-state index is 13.1. The Balaban J connectivity index is 2.28. The van der Waals surface area contributed by atoms with E-state index < -0.39 is 11.5 Å². The second kappa shape index (κ2) is 7.65. The van der Waals surface area contributed by atoms with Gasteiger partial charge < -0.3 is 9.47 Å². The molecule has 0 bridgehead atoms. The van der Waals surface area contributed by atoms with E-state index in [2.05, 4.69) is 4.98 Å². The predicted molar refractivity (Wildman–Crippen MR) is 97.7 cm³/mol. The first-order valence-corrected chi connectivity index (χ1v) is 8.17. The third kappa shape index (κ3) is 3.35. The number of rotatable bonds is 5. The first kappa shape index (κ1) is 17.4. The van der Waals surface area contributed by atoms with Crippen molar-refractivity contribution in [2.45, 2.75) is 13.3 Å². The van der Waals surface area contributed by atoms with Gasteiger partial charge in [-0.2, -0.15) is 0 Å². The standard InChI is InChI=1S/C20H18N2O4/c1-3-18(23)26-17-13-21-19(14-9-5-4-6-10-14)22(20(17)24)15-11-7-8-12-16(15)25-2/h4-13H,3H2,1-2H3. The molecule has 0 unspecified atom stereocenters. The largest absolute Gasteiger partial charge is 0.495 e. The molecule has 0 spiro atoms. The van der Waals surface area contributed by atoms with Gasteiger partial charge in [-0.1, -0.05) is 49.4 Å². The SMILES string of the molecule is CCC(=O)Oc1cnc(-c2ccccc2)n(-c2ccccc2OC)c1=O. The quantitative estimate of drug-likeness (QED) is 0.661. The van der Waals surface area contributed by atoms with Crippen molar-refractivity contribution in [2.75, 3.05) is 7.11 Å². The average molecular weight is 350 g/mol. The fourth-order valence-corrected chi connectivity index (χ4v) is 2.53. The maximum Gasteiger partial charge on any atom is 0.311 e. The summed E-state index contributed by atoms with van der Waals surface area (Å²) in [6.45, 7) is 1.66. The Labute approximate surface area is 150 Å². The van der Waals surface area contributed by atoms with Crippen LogP contribution in [0.3, 0.4) is 0 Å². The number of ether oxygens (including phenoxy) is 2. The van der Waals surface area contributed by atoms with Gasteiger partial charge in [0.1, 0.15) is 11.6 Å². The lowest BCUT2D eigenvalue weighted by Crippen LogP contribution is -2.25. The van der Waals surface area contributed by atoms with E-state index in [-0.39, 0.29) is 12.2 Å². The van der Waals surface area contributed by atoms with Crippen LogP contribution in [0.4, 0.5) is 0 Å². The van der Waals surface area contributed by atoms with Crippen LogP contribution in [-0.2, 0) is 4.79 Å². The molecule has 1 aromatic heterocycles. The van der Waals surface area contributed by atoms with Gasteiger partial charge in [-0.15, -0.1) is 0 Å². The van der Waals surface area contributed by atoms with Crippen LogP contribution in [0, 0.1) is 0 Å². The minimum Gasteiger partial charge on any atom is -0.495 e. The highest BCUT2D eigenvalue weighted by atomic mass is 16.5. The van der Waals surface area contributed by atoms with Crippen molar-refractivity contribution in [1.29, 1.82) is 0 Å². The summed E-state index contributed by atoms with van der Waals surface area (Å²) in [7, 11) is 1.53. The summed E-state index contributed by atoms with van der Waals surface area (Å²) in [5.74, 6) is 0.314. The Morgan fingerprint density at radius 1 is 1.04 bits per heavy atom. The average Bonchev–Trinajstić information content (AvgIpc) is 2.69. The van der Waals surface area contributed by atoms with E-state index in [1.54, 1.807) is 25.1 Å². The first-order valence-electron chi connectivity index (χ1n) is 8.17. The summed E-state index contributed by atoms with van der Waals surface area (Å²) in [6.07, 6.45) is 1.44. The van der Waals surface area contributed by atoms with Gasteiger partial charge in [0.25, 0.3) is 0 Å². The topological polar surface area (TPSA) is 70.4 Å². The number of carbonyl (C=O) groups is 1. The highest BCUT2D eigenvalue weighted by molar-refractivity contribution is 5.72. The Morgan fingerprint density at radius 2 is 1.73 bits per heavy atom. The molecule has 0 aliphatic carbocycles. The van der Waals surface area contributed by atoms with Gasteiger partial charge in [0.15, 0.2) is 0 Å². The summed E-state index contributed by atoms with van der Waals surface area (Å²) in [6, 6.07) is 16.4. The molecule has 0 aliphatic heterocycles. The third-order valence-electron chi connectivity index (χ3n) is 3.80. The number of aromatic nitrogens is 2. The highest BCUT2D eigenvalue weighted by Crippen LogP contribution is 2.26. The number of benzene rings is 2. The second-order valence-electron chi connectivity index (χ2n) is 5.45. The zero-order valence-corrected chi connectivity index (χ0v) is 14.5. The molecule has 26 heavy (non-hydrogen) atoms. The molecule has 0 saturated carbocycles. The molecular formula is C20H18N2O4. The fourth-order valence-electron chi connectivity index (χ4n) is 2.53. The smallest absolute Gasteiger partial charge is 0.311 e. The first-order chi connectivity index (χ1) is 12.7. The minimum atomic E-state index is -0.497. The van der Waals surface area contributed by atoms with Crippen molar-refractivity contribution in [3.05, 3.63) is 71.1 Å². The van der Waals surface area contributed by atoms with Gasteiger partial charge in [-0.05, 0) is 12.1 Å². The van der Waals surface area contributed by atoms with E-state index in [1.807, 2.05) is 36.4 Å². The Bertz CT molecular complexity index is 981. The van der Waals surface area contributed by atoms with Crippen LogP contribution in [0.15, 0.2) is 65.6 Å². The van der Waals surface area contributed by atoms with Gasteiger partial charge in [-0.25, -0.2) is 4.98 Å². The molecule has 132 valence electrons. The molecular weight excluding hydrogens is 332 g/mol. The van der Waals surface area contributed by atoms with Crippen LogP contribution in [-0.4, -0.2) is 22.6 Å². The van der Waals surface area contributed by atoms with Crippen LogP contribution in [0.2, 0.25) is 0 Å². The Kier molecular flexibility index (Phi) is 5.12. The third-order valence-corrected chi connectivity index (χ3v) is 3.80. The van der Waals surface area contributed by atoms with Crippen LogP contribution in [0.25, 0.3) is 17.1 Å². The number of hydrogen-bond acceptors (Lipinski definition) is 5. The molecule has 6 heteroatoms. The van der Waals surface area contributed by atoms with E-state index >= 15 is 0 Å². The van der Waals surface area contributed by atoms with Crippen LogP contribution in [0.1, 0.15) is 13.3 Å². The molecule has 0 radical (unpaired) electrons. The van der Waals surface area contributed by atoms with Gasteiger partial charge >= 0.3 is 11.5 Å². The molecule has 0 saturated heterocycles. The number of methoxy groups -OCH3 is 1. The number of nitrogens with zero attached hydrogens (tertiary/aromatic N) is 2. The van der Waals surface area contributed by atoms with E-state index in [9.17, 15) is 9.59 Å². The van der Waals surface area contributed by atoms with Crippen molar-refractivity contribution in [1.82, 2.24) is 9.55 Å². The number of para-hydroxylation sites is 2. The van der Waals surface area contributed by atoms with E-state index in [0.717, 1.165) is 5.56 Å². The number of hydrogen-bond donors (Lipinski definition) is 0. The Hall–Kier alpha value is -3.41. The molecule has 0 atom stereocenters. The van der Waals surface area contributed by atoms with Crippen molar-refractivity contribution in [3.8, 4) is 28.6 Å². The van der Waals surface area contributed by atoms with Gasteiger partial charge in [-0.3, -0.25) is 14.2 Å². The normalized spacial score (nSPS) is 10.4. The van der Waals surface area contributed by atoms with E-state index in [0.29, 0.717) is 17.3 Å². The maximum atomic E-state index is 13.1. The van der Waals surface area contributed by atoms with Crippen molar-refractivity contribution >= 4 is 5.97 Å². The van der Waals surface area contributed by atoms with Crippen molar-refractivity contribution in [3.63, 3.8) is 0 Å². The molecule has 3 rings (SSSR count). The lowest BCUT2D eigenvalue weighted by molar-refractivity contribution is -0.134. The summed E-state index contributed by atoms with van der Waals surface area (Å²) < 4.78 is 11.9. The summed E-state index contributed by atoms with van der Waals surface area (Å²) in [5, 5.41) is 0. The molecule has 1 heterocycles. The summed E-state index contributed by atoms with van der Waals surface area (Å²) in [5.41, 5.74) is 0.787. The summed E-state index contributed by atoms with van der Waals surface area (Å²) >= 11 is 0. The minimum absolute atomic E-state index is 0.123. The molecule has 0 N–H and O–H groups in total. The zero-order valence-electron chi connectivity index (χ0n) is 14.5. The zero-order chi connectivity index (χ0) is 18.5. The van der Waals surface area contributed by atoms with Gasteiger partial charge in [0.05, 0.1) is 19.0 Å². The highest BCUT2D eigenvalue weighted by Gasteiger charge is 2.18. The molecule has 3 aromatic rings. The molecule has 0 amide bonds. The Morgan fingerprint density at radius 3 is 2.42 bits per heavy atom. The van der Waals surface area contributed by atoms with Crippen LogP contribution < -0.4 is 15.0 Å². The van der Waals surface area contributed by atoms with Gasteiger partial charge in [0.2, 0.25) is 5.75 Å². The molecule has 0 fully saturated rings. The molecule has 6 nitrogen and oxygen atoms in total.